The first-order chi connectivity index (χ1) is 13.1. The number of rotatable bonds is 1. The van der Waals surface area contributed by atoms with Crippen LogP contribution in [0.5, 0.6) is 0 Å². The molecule has 1 aromatic carbocycles. The van der Waals surface area contributed by atoms with E-state index >= 15 is 0 Å². The highest BCUT2D eigenvalue weighted by Gasteiger charge is 2.36. The van der Waals surface area contributed by atoms with E-state index in [1.807, 2.05) is 44.5 Å². The van der Waals surface area contributed by atoms with Crippen LogP contribution in [0.3, 0.4) is 0 Å². The van der Waals surface area contributed by atoms with Crippen LogP contribution in [0.1, 0.15) is 32.4 Å². The van der Waals surface area contributed by atoms with Gasteiger partial charge < -0.3 is 9.64 Å². The zero-order valence-corrected chi connectivity index (χ0v) is 18.2. The van der Waals surface area contributed by atoms with Gasteiger partial charge in [-0.1, -0.05) is 15.9 Å². The molecule has 1 aliphatic rings. The molecule has 0 radical (unpaired) electrons. The van der Waals surface area contributed by atoms with Crippen molar-refractivity contribution in [1.82, 2.24) is 19.2 Å². The molecule has 148 valence electrons. The number of carbonyl (C=O) groups is 1. The predicted octanol–water partition coefficient (Wildman–Crippen LogP) is 3.75. The number of ether oxygens (including phenoxy) is 1. The lowest BCUT2D eigenvalue weighted by atomic mass is 10.1. The van der Waals surface area contributed by atoms with Crippen LogP contribution in [0.2, 0.25) is 0 Å². The summed E-state index contributed by atoms with van der Waals surface area (Å²) in [5.41, 5.74) is 1.21. The first kappa shape index (κ1) is 19.0. The maximum atomic E-state index is 13.0. The summed E-state index contributed by atoms with van der Waals surface area (Å²) >= 11 is 3.61. The molecular weight excluding hydrogens is 424 g/mol. The summed E-state index contributed by atoms with van der Waals surface area (Å²) in [5.74, 6) is 0. The van der Waals surface area contributed by atoms with Gasteiger partial charge >= 0.3 is 6.09 Å². The van der Waals surface area contributed by atoms with E-state index in [-0.39, 0.29) is 17.7 Å². The van der Waals surface area contributed by atoms with E-state index in [0.717, 1.165) is 26.5 Å². The summed E-state index contributed by atoms with van der Waals surface area (Å²) in [7, 11) is 1.77. The number of pyridine rings is 1. The topological polar surface area (TPSA) is 69.4 Å². The van der Waals surface area contributed by atoms with Crippen LogP contribution in [0.15, 0.2) is 27.6 Å². The Morgan fingerprint density at radius 3 is 2.57 bits per heavy atom. The molecular formula is C20H23BrN4O3. The Balaban J connectivity index is 1.73. The molecule has 1 saturated heterocycles. The van der Waals surface area contributed by atoms with Crippen molar-refractivity contribution in [2.75, 3.05) is 13.1 Å². The first-order valence-corrected chi connectivity index (χ1v) is 10.00. The van der Waals surface area contributed by atoms with Crippen LogP contribution in [-0.2, 0) is 11.8 Å². The van der Waals surface area contributed by atoms with Crippen LogP contribution in [0.4, 0.5) is 4.79 Å². The van der Waals surface area contributed by atoms with Gasteiger partial charge in [0.15, 0.2) is 0 Å². The zero-order valence-electron chi connectivity index (χ0n) is 16.6. The molecule has 0 saturated carbocycles. The van der Waals surface area contributed by atoms with Crippen LogP contribution in [-0.4, -0.2) is 44.0 Å². The first-order valence-electron chi connectivity index (χ1n) is 9.21. The van der Waals surface area contributed by atoms with Crippen LogP contribution < -0.4 is 5.56 Å². The molecule has 8 heteroatoms. The summed E-state index contributed by atoms with van der Waals surface area (Å²) in [5, 5.41) is 7.02. The quantitative estimate of drug-likeness (QED) is 0.570. The molecule has 0 spiro atoms. The summed E-state index contributed by atoms with van der Waals surface area (Å²) in [4.78, 5) is 26.8. The monoisotopic (exact) mass is 446 g/mol. The average Bonchev–Trinajstić information content (AvgIpc) is 2.93. The standard InChI is InChI=1S/C20H23BrN4O3/c1-11-6-13-16(15(21)7-11)14-8-22-25(17(14)23(5)18(13)26)12-9-24(10-12)19(27)28-20(2,3)4/h6-8,12H,9-10H2,1-5H3. The molecule has 0 bridgehead atoms. The van der Waals surface area contributed by atoms with Crippen LogP contribution in [0, 0.1) is 6.92 Å². The zero-order chi connectivity index (χ0) is 20.4. The van der Waals surface area contributed by atoms with Gasteiger partial charge in [0.1, 0.15) is 11.2 Å². The summed E-state index contributed by atoms with van der Waals surface area (Å²) in [6.45, 7) is 8.54. The number of aryl methyl sites for hydroxylation is 2. The van der Waals surface area contributed by atoms with E-state index < -0.39 is 5.60 Å². The Morgan fingerprint density at radius 2 is 1.93 bits per heavy atom. The van der Waals surface area contributed by atoms with E-state index in [0.29, 0.717) is 18.5 Å². The number of nitrogens with zero attached hydrogens (tertiary/aromatic N) is 4. The third-order valence-electron chi connectivity index (χ3n) is 4.99. The second-order valence-corrected chi connectivity index (χ2v) is 9.25. The van der Waals surface area contributed by atoms with Crippen molar-refractivity contribution < 1.29 is 9.53 Å². The molecule has 0 unspecified atom stereocenters. The van der Waals surface area contributed by atoms with Crippen LogP contribution >= 0.6 is 15.9 Å². The van der Waals surface area contributed by atoms with Gasteiger partial charge in [-0.2, -0.15) is 5.10 Å². The molecule has 1 aliphatic heterocycles. The Kier molecular flexibility index (Phi) is 4.30. The maximum Gasteiger partial charge on any atom is 0.410 e. The Labute approximate surface area is 171 Å². The van der Waals surface area contributed by atoms with Gasteiger partial charge in [0.2, 0.25) is 0 Å². The Morgan fingerprint density at radius 1 is 1.25 bits per heavy atom. The molecule has 3 heterocycles. The van der Waals surface area contributed by atoms with Crippen molar-refractivity contribution >= 4 is 43.8 Å². The largest absolute Gasteiger partial charge is 0.444 e. The van der Waals surface area contributed by atoms with Gasteiger partial charge in [-0.25, -0.2) is 9.48 Å². The van der Waals surface area contributed by atoms with Crippen molar-refractivity contribution in [3.8, 4) is 0 Å². The summed E-state index contributed by atoms with van der Waals surface area (Å²) in [6.07, 6.45) is 1.48. The third-order valence-corrected chi connectivity index (χ3v) is 5.61. The highest BCUT2D eigenvalue weighted by Crippen LogP contribution is 2.33. The number of likely N-dealkylation sites (tertiary alicyclic amines) is 1. The van der Waals surface area contributed by atoms with E-state index in [9.17, 15) is 9.59 Å². The van der Waals surface area contributed by atoms with Crippen molar-refractivity contribution in [1.29, 1.82) is 0 Å². The van der Waals surface area contributed by atoms with Crippen molar-refractivity contribution in [2.45, 2.75) is 39.3 Å². The SMILES string of the molecule is Cc1cc(Br)c2c(c1)c(=O)n(C)c1c2cnn1C1CN(C(=O)OC(C)(C)C)C1. The number of benzene rings is 1. The van der Waals surface area contributed by atoms with E-state index in [2.05, 4.69) is 21.0 Å². The number of hydrogen-bond acceptors (Lipinski definition) is 4. The number of hydrogen-bond donors (Lipinski definition) is 0. The molecule has 4 rings (SSSR count). The second-order valence-electron chi connectivity index (χ2n) is 8.40. The van der Waals surface area contributed by atoms with Gasteiger partial charge in [0.25, 0.3) is 5.56 Å². The third kappa shape index (κ3) is 2.99. The number of carbonyl (C=O) groups excluding carboxylic acids is 1. The molecule has 1 fully saturated rings. The molecule has 28 heavy (non-hydrogen) atoms. The van der Waals surface area contributed by atoms with Crippen molar-refractivity contribution in [3.05, 3.63) is 38.7 Å². The van der Waals surface area contributed by atoms with Gasteiger partial charge in [0, 0.05) is 40.8 Å². The normalized spacial score (nSPS) is 15.3. The minimum atomic E-state index is -0.520. The lowest BCUT2D eigenvalue weighted by molar-refractivity contribution is 0.0000352. The van der Waals surface area contributed by atoms with Crippen molar-refractivity contribution in [2.24, 2.45) is 7.05 Å². The summed E-state index contributed by atoms with van der Waals surface area (Å²) in [6, 6.07) is 3.93. The van der Waals surface area contributed by atoms with Crippen molar-refractivity contribution in [3.63, 3.8) is 0 Å². The minimum absolute atomic E-state index is 0.0114. The van der Waals surface area contributed by atoms with E-state index in [1.54, 1.807) is 22.7 Å². The smallest absolute Gasteiger partial charge is 0.410 e. The molecule has 3 aromatic rings. The van der Waals surface area contributed by atoms with Gasteiger partial charge in [0.05, 0.1) is 12.2 Å². The number of halogens is 1. The maximum absolute atomic E-state index is 13.0. The Bertz CT molecular complexity index is 1170. The molecule has 0 aliphatic carbocycles. The number of fused-ring (bicyclic) bond motifs is 3. The van der Waals surface area contributed by atoms with E-state index in [4.69, 9.17) is 4.74 Å². The van der Waals surface area contributed by atoms with E-state index in [1.165, 1.54) is 0 Å². The lowest BCUT2D eigenvalue weighted by Crippen LogP contribution is -2.52. The molecule has 2 aromatic heterocycles. The van der Waals surface area contributed by atoms with Crippen LogP contribution in [0.25, 0.3) is 21.8 Å². The highest BCUT2D eigenvalue weighted by atomic mass is 79.9. The predicted molar refractivity (Wildman–Crippen MR) is 112 cm³/mol. The van der Waals surface area contributed by atoms with Gasteiger partial charge in [-0.05, 0) is 45.4 Å². The lowest BCUT2D eigenvalue weighted by Gasteiger charge is -2.39. The fourth-order valence-electron chi connectivity index (χ4n) is 3.68. The number of aromatic nitrogens is 3. The summed E-state index contributed by atoms with van der Waals surface area (Å²) < 4.78 is 9.80. The fourth-order valence-corrected chi connectivity index (χ4v) is 4.47. The van der Waals surface area contributed by atoms with Gasteiger partial charge in [-0.15, -0.1) is 0 Å². The molecule has 0 atom stereocenters. The average molecular weight is 447 g/mol. The molecule has 1 amide bonds. The van der Waals surface area contributed by atoms with Gasteiger partial charge in [-0.3, -0.25) is 9.36 Å². The fraction of sp³-hybridized carbons (Fsp3) is 0.450. The second kappa shape index (κ2) is 6.34. The highest BCUT2D eigenvalue weighted by molar-refractivity contribution is 9.10. The Hall–Kier alpha value is -2.35. The minimum Gasteiger partial charge on any atom is -0.444 e. The number of amides is 1. The molecule has 0 N–H and O–H groups in total. The molecule has 7 nitrogen and oxygen atoms in total.